The first-order valence-electron chi connectivity index (χ1n) is 8.79. The summed E-state index contributed by atoms with van der Waals surface area (Å²) in [6, 6.07) is 12.0. The third-order valence-electron chi connectivity index (χ3n) is 4.29. The summed E-state index contributed by atoms with van der Waals surface area (Å²) in [5, 5.41) is 20.9. The lowest BCUT2D eigenvalue weighted by molar-refractivity contribution is -0.121. The fourth-order valence-corrected chi connectivity index (χ4v) is 2.90. The molecule has 152 valence electrons. The van der Waals surface area contributed by atoms with Crippen molar-refractivity contribution in [2.24, 2.45) is 5.10 Å². The lowest BCUT2D eigenvalue weighted by Gasteiger charge is -2.07. The van der Waals surface area contributed by atoms with E-state index in [1.54, 1.807) is 16.7 Å². The number of benzene rings is 2. The standard InChI is InChI=1S/C19H17N7O4/c1-29-15-8-11(6-7-14(15)27)9-21-23-16(28)10-26-13-5-3-2-4-12(13)22-19(26)17-18(20)25-30-24-17/h2-9,27H,10H2,1H3,(H2,20,25)(H,23,28)/b21-9-. The predicted molar refractivity (Wildman–Crippen MR) is 108 cm³/mol. The summed E-state index contributed by atoms with van der Waals surface area (Å²) in [5.74, 6) is 0.360. The highest BCUT2D eigenvalue weighted by molar-refractivity contribution is 5.86. The first kappa shape index (κ1) is 18.9. The molecular formula is C19H17N7O4. The van der Waals surface area contributed by atoms with E-state index >= 15 is 0 Å². The molecule has 2 heterocycles. The molecule has 0 saturated carbocycles. The molecule has 30 heavy (non-hydrogen) atoms. The Morgan fingerprint density at radius 2 is 2.17 bits per heavy atom. The van der Waals surface area contributed by atoms with Crippen LogP contribution in [0, 0.1) is 0 Å². The van der Waals surface area contributed by atoms with Gasteiger partial charge in [-0.25, -0.2) is 15.0 Å². The Kier molecular flexibility index (Phi) is 4.99. The van der Waals surface area contributed by atoms with E-state index in [0.29, 0.717) is 22.7 Å². The van der Waals surface area contributed by atoms with E-state index in [1.807, 2.05) is 24.3 Å². The summed E-state index contributed by atoms with van der Waals surface area (Å²) in [7, 11) is 1.45. The van der Waals surface area contributed by atoms with Crippen LogP contribution in [0.3, 0.4) is 0 Å². The second-order valence-corrected chi connectivity index (χ2v) is 6.23. The van der Waals surface area contributed by atoms with Gasteiger partial charge < -0.3 is 20.1 Å². The van der Waals surface area contributed by atoms with Gasteiger partial charge >= 0.3 is 0 Å². The fraction of sp³-hybridized carbons (Fsp3) is 0.105. The van der Waals surface area contributed by atoms with Gasteiger partial charge in [0, 0.05) is 0 Å². The molecule has 0 bridgehead atoms. The van der Waals surface area contributed by atoms with Crippen molar-refractivity contribution >= 4 is 29.0 Å². The molecule has 0 radical (unpaired) electrons. The Hall–Kier alpha value is -4.41. The van der Waals surface area contributed by atoms with Crippen LogP contribution < -0.4 is 15.9 Å². The number of para-hydroxylation sites is 2. The first-order chi connectivity index (χ1) is 14.6. The average molecular weight is 407 g/mol. The van der Waals surface area contributed by atoms with Gasteiger partial charge in [0.1, 0.15) is 6.54 Å². The molecular weight excluding hydrogens is 390 g/mol. The van der Waals surface area contributed by atoms with Crippen molar-refractivity contribution in [3.05, 3.63) is 48.0 Å². The third-order valence-corrected chi connectivity index (χ3v) is 4.29. The number of phenolic OH excluding ortho intramolecular Hbond substituents is 1. The minimum absolute atomic E-state index is 0.0137. The molecule has 0 fully saturated rings. The number of anilines is 1. The van der Waals surface area contributed by atoms with Crippen LogP contribution in [0.2, 0.25) is 0 Å². The number of hydrogen-bond donors (Lipinski definition) is 3. The molecule has 2 aromatic carbocycles. The molecule has 1 amide bonds. The lowest BCUT2D eigenvalue weighted by atomic mass is 10.2. The summed E-state index contributed by atoms with van der Waals surface area (Å²) < 4.78 is 11.4. The van der Waals surface area contributed by atoms with E-state index in [0.717, 1.165) is 5.52 Å². The third kappa shape index (κ3) is 3.63. The number of hydrogen-bond acceptors (Lipinski definition) is 9. The van der Waals surface area contributed by atoms with Crippen LogP contribution in [0.1, 0.15) is 5.56 Å². The number of carbonyl (C=O) groups is 1. The normalized spacial score (nSPS) is 11.2. The van der Waals surface area contributed by atoms with Gasteiger partial charge in [-0.1, -0.05) is 12.1 Å². The Labute approximate surface area is 169 Å². The molecule has 0 saturated heterocycles. The number of carbonyl (C=O) groups excluding carboxylic acids is 1. The van der Waals surface area contributed by atoms with Crippen molar-refractivity contribution in [1.29, 1.82) is 0 Å². The monoisotopic (exact) mass is 407 g/mol. The van der Waals surface area contributed by atoms with Crippen molar-refractivity contribution in [3.8, 4) is 23.0 Å². The zero-order chi connectivity index (χ0) is 21.1. The summed E-state index contributed by atoms with van der Waals surface area (Å²) >= 11 is 0. The molecule has 0 spiro atoms. The van der Waals surface area contributed by atoms with Gasteiger partial charge in [0.15, 0.2) is 28.8 Å². The SMILES string of the molecule is COc1cc(/C=N\NC(=O)Cn2c(-c3nonc3N)nc3ccccc32)ccc1O. The van der Waals surface area contributed by atoms with Crippen LogP contribution in [0.25, 0.3) is 22.6 Å². The Bertz CT molecular complexity index is 1240. The number of nitrogens with one attached hydrogen (secondary N) is 1. The smallest absolute Gasteiger partial charge is 0.260 e. The average Bonchev–Trinajstić information content (AvgIpc) is 3.32. The van der Waals surface area contributed by atoms with E-state index in [9.17, 15) is 9.90 Å². The van der Waals surface area contributed by atoms with Crippen molar-refractivity contribution < 1.29 is 19.3 Å². The Balaban J connectivity index is 1.55. The summed E-state index contributed by atoms with van der Waals surface area (Å²) in [6.07, 6.45) is 1.44. The van der Waals surface area contributed by atoms with Crippen molar-refractivity contribution in [2.45, 2.75) is 6.54 Å². The van der Waals surface area contributed by atoms with Crippen LogP contribution in [-0.4, -0.2) is 44.2 Å². The second-order valence-electron chi connectivity index (χ2n) is 6.23. The van der Waals surface area contributed by atoms with Crippen molar-refractivity contribution in [3.63, 3.8) is 0 Å². The van der Waals surface area contributed by atoms with Gasteiger partial charge in [-0.15, -0.1) is 0 Å². The first-order valence-corrected chi connectivity index (χ1v) is 8.79. The largest absolute Gasteiger partial charge is 0.504 e. The molecule has 4 aromatic rings. The number of phenols is 1. The van der Waals surface area contributed by atoms with E-state index < -0.39 is 5.91 Å². The van der Waals surface area contributed by atoms with Gasteiger partial charge in [-0.3, -0.25) is 4.79 Å². The van der Waals surface area contributed by atoms with E-state index in [-0.39, 0.29) is 23.8 Å². The van der Waals surface area contributed by atoms with Gasteiger partial charge in [-0.2, -0.15) is 5.10 Å². The summed E-state index contributed by atoms with van der Waals surface area (Å²) in [5.41, 5.74) is 10.5. The molecule has 0 aliphatic heterocycles. The molecule has 0 aliphatic carbocycles. The number of nitrogen functional groups attached to an aromatic ring is 1. The number of imidazole rings is 1. The molecule has 11 nitrogen and oxygen atoms in total. The number of amides is 1. The topological polar surface area (TPSA) is 154 Å². The quantitative estimate of drug-likeness (QED) is 0.321. The Morgan fingerprint density at radius 3 is 2.93 bits per heavy atom. The zero-order valence-electron chi connectivity index (χ0n) is 15.8. The maximum atomic E-state index is 12.5. The number of rotatable bonds is 6. The molecule has 0 unspecified atom stereocenters. The van der Waals surface area contributed by atoms with E-state index in [4.69, 9.17) is 10.5 Å². The predicted octanol–water partition coefficient (Wildman–Crippen LogP) is 1.53. The fourth-order valence-electron chi connectivity index (χ4n) is 2.90. The molecule has 0 aliphatic rings. The number of fused-ring (bicyclic) bond motifs is 1. The van der Waals surface area contributed by atoms with Crippen molar-refractivity contribution in [2.75, 3.05) is 12.8 Å². The van der Waals surface area contributed by atoms with Crippen LogP contribution in [-0.2, 0) is 11.3 Å². The van der Waals surface area contributed by atoms with Gasteiger partial charge in [0.25, 0.3) is 5.91 Å². The molecule has 4 rings (SSSR count). The number of methoxy groups -OCH3 is 1. The number of nitrogens with zero attached hydrogens (tertiary/aromatic N) is 5. The number of hydrazone groups is 1. The maximum absolute atomic E-state index is 12.5. The number of ether oxygens (including phenoxy) is 1. The summed E-state index contributed by atoms with van der Waals surface area (Å²) in [4.78, 5) is 17.0. The minimum Gasteiger partial charge on any atom is -0.504 e. The second kappa shape index (κ2) is 7.91. The number of aromatic nitrogens is 4. The van der Waals surface area contributed by atoms with Crippen molar-refractivity contribution in [1.82, 2.24) is 25.3 Å². The molecule has 0 atom stereocenters. The van der Waals surface area contributed by atoms with Crippen LogP contribution in [0.4, 0.5) is 5.82 Å². The highest BCUT2D eigenvalue weighted by atomic mass is 16.6. The maximum Gasteiger partial charge on any atom is 0.260 e. The minimum atomic E-state index is -0.392. The zero-order valence-corrected chi connectivity index (χ0v) is 15.8. The van der Waals surface area contributed by atoms with Crippen LogP contribution in [0.15, 0.2) is 52.2 Å². The van der Waals surface area contributed by atoms with Gasteiger partial charge in [0.05, 0.1) is 24.4 Å². The van der Waals surface area contributed by atoms with E-state index in [1.165, 1.54) is 19.4 Å². The lowest BCUT2D eigenvalue weighted by Crippen LogP contribution is -2.23. The molecule has 4 N–H and O–H groups in total. The molecule has 11 heteroatoms. The Morgan fingerprint density at radius 1 is 1.33 bits per heavy atom. The number of nitrogens with two attached hydrogens (primary N) is 1. The van der Waals surface area contributed by atoms with Gasteiger partial charge in [-0.05, 0) is 46.2 Å². The highest BCUT2D eigenvalue weighted by Gasteiger charge is 2.20. The number of aromatic hydroxyl groups is 1. The van der Waals surface area contributed by atoms with Crippen LogP contribution in [0.5, 0.6) is 11.5 Å². The molecule has 2 aromatic heterocycles. The van der Waals surface area contributed by atoms with Crippen LogP contribution >= 0.6 is 0 Å². The van der Waals surface area contributed by atoms with E-state index in [2.05, 4.69) is 30.5 Å². The van der Waals surface area contributed by atoms with Gasteiger partial charge in [0.2, 0.25) is 0 Å². The highest BCUT2D eigenvalue weighted by Crippen LogP contribution is 2.27. The summed E-state index contributed by atoms with van der Waals surface area (Å²) in [6.45, 7) is -0.0849.